The SMILES string of the molecule is CCN=C1S/C(=C/c2cc(Br)c(OCc3cccc([N+](=O)[O-])c3)c(OCC)c2)C(=O)N1CC. The Hall–Kier alpha value is -2.85. The smallest absolute Gasteiger partial charge is 0.269 e. The van der Waals surface area contributed by atoms with Gasteiger partial charge in [-0.3, -0.25) is 24.8 Å². The van der Waals surface area contributed by atoms with Gasteiger partial charge in [-0.25, -0.2) is 0 Å². The number of nitro groups is 1. The fourth-order valence-electron chi connectivity index (χ4n) is 3.18. The Morgan fingerprint density at radius 2 is 2.00 bits per heavy atom. The van der Waals surface area contributed by atoms with Gasteiger partial charge in [0.25, 0.3) is 11.6 Å². The van der Waals surface area contributed by atoms with Crippen molar-refractivity contribution >= 4 is 50.5 Å². The monoisotopic (exact) mass is 533 g/mol. The van der Waals surface area contributed by atoms with Gasteiger partial charge in [-0.15, -0.1) is 0 Å². The predicted octanol–water partition coefficient (Wildman–Crippen LogP) is 5.65. The molecule has 2 aromatic carbocycles. The molecule has 1 fully saturated rings. The molecule has 10 heteroatoms. The Bertz CT molecular complexity index is 1120. The number of carbonyl (C=O) groups excluding carboxylic acids is 1. The van der Waals surface area contributed by atoms with Gasteiger partial charge in [0.2, 0.25) is 0 Å². The first-order chi connectivity index (χ1) is 15.9. The number of thioether (sulfide) groups is 1. The number of hydrogen-bond acceptors (Lipinski definition) is 7. The standard InChI is InChI=1S/C23H24BrN3O5S/c1-4-25-23-26(5-2)22(28)20(33-23)13-16-11-18(24)21(19(12-16)31-6-3)32-14-15-8-7-9-17(10-15)27(29)30/h7-13H,4-6,14H2,1-3H3/b20-13+,25-23?. The second-order valence-electron chi connectivity index (χ2n) is 6.90. The number of amidine groups is 1. The van der Waals surface area contributed by atoms with Crippen molar-refractivity contribution in [2.24, 2.45) is 4.99 Å². The predicted molar refractivity (Wildman–Crippen MR) is 134 cm³/mol. The number of nitro benzene ring substituents is 1. The van der Waals surface area contributed by atoms with Crippen LogP contribution in [0.4, 0.5) is 5.69 Å². The molecule has 0 bridgehead atoms. The number of halogens is 1. The average molecular weight is 534 g/mol. The Morgan fingerprint density at radius 1 is 1.21 bits per heavy atom. The molecule has 3 rings (SSSR count). The fourth-order valence-corrected chi connectivity index (χ4v) is 4.86. The molecule has 1 heterocycles. The van der Waals surface area contributed by atoms with Crippen molar-refractivity contribution in [2.45, 2.75) is 27.4 Å². The molecule has 1 aliphatic rings. The van der Waals surface area contributed by atoms with Gasteiger partial charge in [0.15, 0.2) is 16.7 Å². The summed E-state index contributed by atoms with van der Waals surface area (Å²) in [6.07, 6.45) is 1.81. The van der Waals surface area contributed by atoms with Crippen LogP contribution in [0.1, 0.15) is 31.9 Å². The van der Waals surface area contributed by atoms with Crippen LogP contribution in [-0.2, 0) is 11.4 Å². The van der Waals surface area contributed by atoms with Crippen molar-refractivity contribution < 1.29 is 19.2 Å². The molecule has 0 spiro atoms. The lowest BCUT2D eigenvalue weighted by atomic mass is 10.1. The van der Waals surface area contributed by atoms with Crippen molar-refractivity contribution in [1.82, 2.24) is 4.90 Å². The molecule has 1 aliphatic heterocycles. The largest absolute Gasteiger partial charge is 0.490 e. The van der Waals surface area contributed by atoms with Crippen LogP contribution in [0.3, 0.4) is 0 Å². The third kappa shape index (κ3) is 5.94. The lowest BCUT2D eigenvalue weighted by Crippen LogP contribution is -2.28. The van der Waals surface area contributed by atoms with E-state index >= 15 is 0 Å². The molecule has 0 saturated carbocycles. The molecule has 1 saturated heterocycles. The number of non-ortho nitro benzene ring substituents is 1. The Kier molecular flexibility index (Phi) is 8.51. The van der Waals surface area contributed by atoms with Crippen molar-refractivity contribution in [3.05, 3.63) is 67.0 Å². The molecule has 0 aliphatic carbocycles. The summed E-state index contributed by atoms with van der Waals surface area (Å²) in [5.41, 5.74) is 1.45. The molecule has 174 valence electrons. The van der Waals surface area contributed by atoms with E-state index in [0.717, 1.165) is 5.56 Å². The molecule has 8 nitrogen and oxygen atoms in total. The molecule has 0 unspecified atom stereocenters. The van der Waals surface area contributed by atoms with Crippen molar-refractivity contribution in [3.8, 4) is 11.5 Å². The molecule has 0 atom stereocenters. The van der Waals surface area contributed by atoms with E-state index in [-0.39, 0.29) is 18.2 Å². The summed E-state index contributed by atoms with van der Waals surface area (Å²) in [5, 5.41) is 11.7. The normalized spacial score (nSPS) is 16.0. The third-order valence-electron chi connectivity index (χ3n) is 4.63. The molecular formula is C23H24BrN3O5S. The van der Waals surface area contributed by atoms with Crippen LogP contribution >= 0.6 is 27.7 Å². The summed E-state index contributed by atoms with van der Waals surface area (Å²) >= 11 is 4.89. The van der Waals surface area contributed by atoms with Gasteiger partial charge in [-0.1, -0.05) is 12.1 Å². The van der Waals surface area contributed by atoms with Crippen LogP contribution in [0.5, 0.6) is 11.5 Å². The minimum Gasteiger partial charge on any atom is -0.490 e. The number of carbonyl (C=O) groups is 1. The maximum atomic E-state index is 12.8. The number of rotatable bonds is 9. The van der Waals surface area contributed by atoms with Gasteiger partial charge < -0.3 is 9.47 Å². The van der Waals surface area contributed by atoms with Gasteiger partial charge in [-0.05, 0) is 77.8 Å². The Balaban J connectivity index is 1.88. The lowest BCUT2D eigenvalue weighted by molar-refractivity contribution is -0.384. The minimum absolute atomic E-state index is 0.00741. The van der Waals surface area contributed by atoms with E-state index in [9.17, 15) is 14.9 Å². The number of aliphatic imine (C=N–C) groups is 1. The van der Waals surface area contributed by atoms with Crippen LogP contribution < -0.4 is 9.47 Å². The number of hydrogen-bond donors (Lipinski definition) is 0. The molecule has 2 aromatic rings. The first-order valence-corrected chi connectivity index (χ1v) is 12.1. The maximum absolute atomic E-state index is 12.8. The number of nitrogens with zero attached hydrogens (tertiary/aromatic N) is 3. The highest BCUT2D eigenvalue weighted by atomic mass is 79.9. The molecule has 33 heavy (non-hydrogen) atoms. The molecular weight excluding hydrogens is 510 g/mol. The van der Waals surface area contributed by atoms with Crippen LogP contribution in [0.15, 0.2) is 50.8 Å². The molecule has 0 aromatic heterocycles. The lowest BCUT2D eigenvalue weighted by Gasteiger charge is -2.15. The number of likely N-dealkylation sites (N-methyl/N-ethyl adjacent to an activating group) is 1. The average Bonchev–Trinajstić information content (AvgIpc) is 3.07. The summed E-state index contributed by atoms with van der Waals surface area (Å²) in [6.45, 7) is 7.44. The van der Waals surface area contributed by atoms with E-state index in [2.05, 4.69) is 20.9 Å². The van der Waals surface area contributed by atoms with Crippen LogP contribution in [0.25, 0.3) is 6.08 Å². The van der Waals surface area contributed by atoms with E-state index in [4.69, 9.17) is 9.47 Å². The first-order valence-electron chi connectivity index (χ1n) is 10.5. The van der Waals surface area contributed by atoms with Gasteiger partial charge in [0.1, 0.15) is 6.61 Å². The molecule has 1 amide bonds. The van der Waals surface area contributed by atoms with Crippen molar-refractivity contribution in [3.63, 3.8) is 0 Å². The van der Waals surface area contributed by atoms with Crippen LogP contribution in [0, 0.1) is 10.1 Å². The van der Waals surface area contributed by atoms with E-state index in [0.29, 0.717) is 51.3 Å². The van der Waals surface area contributed by atoms with E-state index in [1.165, 1.54) is 23.9 Å². The first kappa shape index (κ1) is 24.8. The summed E-state index contributed by atoms with van der Waals surface area (Å²) < 4.78 is 12.4. The zero-order valence-electron chi connectivity index (χ0n) is 18.5. The van der Waals surface area contributed by atoms with Crippen molar-refractivity contribution in [1.29, 1.82) is 0 Å². The summed E-state index contributed by atoms with van der Waals surface area (Å²) in [7, 11) is 0. The van der Waals surface area contributed by atoms with Gasteiger partial charge >= 0.3 is 0 Å². The highest BCUT2D eigenvalue weighted by molar-refractivity contribution is 9.10. The highest BCUT2D eigenvalue weighted by Gasteiger charge is 2.32. The second-order valence-corrected chi connectivity index (χ2v) is 8.76. The third-order valence-corrected chi connectivity index (χ3v) is 6.27. The van der Waals surface area contributed by atoms with Gasteiger partial charge in [0, 0.05) is 25.2 Å². The van der Waals surface area contributed by atoms with Crippen molar-refractivity contribution in [2.75, 3.05) is 19.7 Å². The minimum atomic E-state index is -0.439. The van der Waals surface area contributed by atoms with E-state index in [1.54, 1.807) is 17.0 Å². The number of ether oxygens (including phenoxy) is 2. The zero-order chi connectivity index (χ0) is 24.0. The number of amides is 1. The second kappa shape index (κ2) is 11.3. The van der Waals surface area contributed by atoms with Gasteiger partial charge in [-0.2, -0.15) is 0 Å². The maximum Gasteiger partial charge on any atom is 0.269 e. The quantitative estimate of drug-likeness (QED) is 0.235. The summed E-state index contributed by atoms with van der Waals surface area (Å²) in [5.74, 6) is 0.920. The van der Waals surface area contributed by atoms with Crippen LogP contribution in [-0.4, -0.2) is 40.6 Å². The summed E-state index contributed by atoms with van der Waals surface area (Å²) in [6, 6.07) is 9.95. The van der Waals surface area contributed by atoms with Gasteiger partial charge in [0.05, 0.1) is 20.9 Å². The Morgan fingerprint density at radius 3 is 2.67 bits per heavy atom. The highest BCUT2D eigenvalue weighted by Crippen LogP contribution is 2.39. The molecule has 0 radical (unpaired) electrons. The van der Waals surface area contributed by atoms with E-state index < -0.39 is 4.92 Å². The van der Waals surface area contributed by atoms with Crippen LogP contribution in [0.2, 0.25) is 0 Å². The Labute approximate surface area is 204 Å². The topological polar surface area (TPSA) is 94.3 Å². The molecule has 0 N–H and O–H groups in total. The fraction of sp³-hybridized carbons (Fsp3) is 0.304. The number of benzene rings is 2. The van der Waals surface area contributed by atoms with E-state index in [1.807, 2.05) is 39.0 Å². The summed E-state index contributed by atoms with van der Waals surface area (Å²) in [4.78, 5) is 30.0. The zero-order valence-corrected chi connectivity index (χ0v) is 20.9.